The van der Waals surface area contributed by atoms with Gasteiger partial charge in [0.15, 0.2) is 0 Å². The summed E-state index contributed by atoms with van der Waals surface area (Å²) in [5.74, 6) is 0.696. The molecule has 1 saturated heterocycles. The smallest absolute Gasteiger partial charge is 0.239 e. The van der Waals surface area contributed by atoms with Crippen molar-refractivity contribution in [1.29, 1.82) is 0 Å². The Balaban J connectivity index is 2.18. The van der Waals surface area contributed by atoms with Crippen LogP contribution in [0.1, 0.15) is 26.2 Å². The SMILES string of the molecule is CC(C(N)=O)N1CCCC1=C1CC=CO1. The highest BCUT2D eigenvalue weighted by atomic mass is 16.5. The number of hydrogen-bond donors (Lipinski definition) is 1. The van der Waals surface area contributed by atoms with Gasteiger partial charge in [0.05, 0.1) is 12.0 Å². The lowest BCUT2D eigenvalue weighted by Crippen LogP contribution is -2.40. The van der Waals surface area contributed by atoms with E-state index in [2.05, 4.69) is 4.90 Å². The first-order chi connectivity index (χ1) is 7.20. The van der Waals surface area contributed by atoms with Crippen LogP contribution >= 0.6 is 0 Å². The van der Waals surface area contributed by atoms with Crippen LogP contribution in [0, 0.1) is 0 Å². The third-order valence-corrected chi connectivity index (χ3v) is 2.97. The first-order valence-corrected chi connectivity index (χ1v) is 5.30. The van der Waals surface area contributed by atoms with Gasteiger partial charge in [-0.1, -0.05) is 0 Å². The van der Waals surface area contributed by atoms with Gasteiger partial charge in [0.2, 0.25) is 5.91 Å². The molecule has 0 bridgehead atoms. The summed E-state index contributed by atoms with van der Waals surface area (Å²) in [6, 6.07) is -0.237. The summed E-state index contributed by atoms with van der Waals surface area (Å²) in [6.45, 7) is 2.74. The molecule has 0 saturated carbocycles. The van der Waals surface area contributed by atoms with E-state index >= 15 is 0 Å². The Labute approximate surface area is 89.4 Å². The molecule has 0 radical (unpaired) electrons. The van der Waals surface area contributed by atoms with Crippen LogP contribution in [0.5, 0.6) is 0 Å². The van der Waals surface area contributed by atoms with Crippen molar-refractivity contribution in [3.8, 4) is 0 Å². The van der Waals surface area contributed by atoms with Crippen LogP contribution in [-0.4, -0.2) is 23.4 Å². The van der Waals surface area contributed by atoms with Crippen molar-refractivity contribution in [3.63, 3.8) is 0 Å². The van der Waals surface area contributed by atoms with Gasteiger partial charge in [-0.2, -0.15) is 0 Å². The lowest BCUT2D eigenvalue weighted by molar-refractivity contribution is -0.121. The van der Waals surface area contributed by atoms with Crippen LogP contribution in [0.15, 0.2) is 23.8 Å². The molecule has 4 nitrogen and oxygen atoms in total. The monoisotopic (exact) mass is 208 g/mol. The molecule has 1 amide bonds. The Hall–Kier alpha value is -1.45. The number of nitrogens with two attached hydrogens (primary N) is 1. The molecular weight excluding hydrogens is 192 g/mol. The fourth-order valence-electron chi connectivity index (χ4n) is 2.10. The minimum atomic E-state index is -0.277. The lowest BCUT2D eigenvalue weighted by Gasteiger charge is -2.26. The summed E-state index contributed by atoms with van der Waals surface area (Å²) in [5, 5.41) is 0. The van der Waals surface area contributed by atoms with Crippen molar-refractivity contribution >= 4 is 5.91 Å². The van der Waals surface area contributed by atoms with Gasteiger partial charge in [0, 0.05) is 13.0 Å². The number of ether oxygens (including phenoxy) is 1. The van der Waals surface area contributed by atoms with Crippen LogP contribution in [0.3, 0.4) is 0 Å². The summed E-state index contributed by atoms with van der Waals surface area (Å²) in [6.07, 6.45) is 6.56. The Morgan fingerprint density at radius 1 is 1.67 bits per heavy atom. The number of likely N-dealkylation sites (tertiary alicyclic amines) is 1. The van der Waals surface area contributed by atoms with Gasteiger partial charge in [-0.15, -0.1) is 0 Å². The molecule has 1 atom stereocenters. The van der Waals surface area contributed by atoms with E-state index in [9.17, 15) is 4.79 Å². The lowest BCUT2D eigenvalue weighted by atomic mass is 10.2. The molecule has 4 heteroatoms. The molecule has 2 N–H and O–H groups in total. The molecule has 0 spiro atoms. The predicted octanol–water partition coefficient (Wildman–Crippen LogP) is 1.10. The quantitative estimate of drug-likeness (QED) is 0.739. The maximum atomic E-state index is 11.1. The van der Waals surface area contributed by atoms with Gasteiger partial charge < -0.3 is 15.4 Å². The molecule has 15 heavy (non-hydrogen) atoms. The topological polar surface area (TPSA) is 55.6 Å². The maximum Gasteiger partial charge on any atom is 0.239 e. The van der Waals surface area contributed by atoms with Crippen molar-refractivity contribution in [2.24, 2.45) is 5.73 Å². The molecular formula is C11H16N2O2. The van der Waals surface area contributed by atoms with Crippen molar-refractivity contribution in [3.05, 3.63) is 23.8 Å². The molecule has 1 fully saturated rings. The van der Waals surface area contributed by atoms with Crippen LogP contribution < -0.4 is 5.73 Å². The van der Waals surface area contributed by atoms with E-state index in [1.165, 1.54) is 0 Å². The Morgan fingerprint density at radius 2 is 2.47 bits per heavy atom. The zero-order valence-electron chi connectivity index (χ0n) is 8.90. The predicted molar refractivity (Wildman–Crippen MR) is 56.5 cm³/mol. The highest BCUT2D eigenvalue weighted by molar-refractivity contribution is 5.79. The highest BCUT2D eigenvalue weighted by Gasteiger charge is 2.28. The molecule has 0 aromatic rings. The van der Waals surface area contributed by atoms with Gasteiger partial charge in [-0.25, -0.2) is 0 Å². The second kappa shape index (κ2) is 3.96. The molecule has 2 heterocycles. The number of nitrogens with zero attached hydrogens (tertiary/aromatic N) is 1. The maximum absolute atomic E-state index is 11.1. The van der Waals surface area contributed by atoms with E-state index in [1.807, 2.05) is 13.0 Å². The zero-order chi connectivity index (χ0) is 10.8. The van der Waals surface area contributed by atoms with Crippen molar-refractivity contribution in [1.82, 2.24) is 4.90 Å². The fraction of sp³-hybridized carbons (Fsp3) is 0.545. The molecule has 2 aliphatic rings. The third-order valence-electron chi connectivity index (χ3n) is 2.97. The first-order valence-electron chi connectivity index (χ1n) is 5.30. The average Bonchev–Trinajstić information content (AvgIpc) is 2.86. The van der Waals surface area contributed by atoms with Gasteiger partial charge >= 0.3 is 0 Å². The second-order valence-electron chi connectivity index (χ2n) is 3.94. The summed E-state index contributed by atoms with van der Waals surface area (Å²) in [4.78, 5) is 13.2. The van der Waals surface area contributed by atoms with Crippen molar-refractivity contribution in [2.75, 3.05) is 6.54 Å². The van der Waals surface area contributed by atoms with Gasteiger partial charge in [-0.3, -0.25) is 4.79 Å². The fourth-order valence-corrected chi connectivity index (χ4v) is 2.10. The van der Waals surface area contributed by atoms with Crippen LogP contribution in [-0.2, 0) is 9.53 Å². The summed E-state index contributed by atoms with van der Waals surface area (Å²) >= 11 is 0. The number of hydrogen-bond acceptors (Lipinski definition) is 3. The van der Waals surface area contributed by atoms with Gasteiger partial charge in [-0.05, 0) is 25.8 Å². The van der Waals surface area contributed by atoms with E-state index in [0.29, 0.717) is 0 Å². The Kier molecular flexibility index (Phi) is 2.66. The van der Waals surface area contributed by atoms with E-state index in [-0.39, 0.29) is 11.9 Å². The van der Waals surface area contributed by atoms with Crippen LogP contribution in [0.2, 0.25) is 0 Å². The first kappa shape index (κ1) is 10.1. The molecule has 0 aliphatic carbocycles. The number of primary amides is 1. The van der Waals surface area contributed by atoms with E-state index in [4.69, 9.17) is 10.5 Å². The van der Waals surface area contributed by atoms with Crippen LogP contribution in [0.25, 0.3) is 0 Å². The number of rotatable bonds is 2. The molecule has 0 aromatic heterocycles. The summed E-state index contributed by atoms with van der Waals surface area (Å²) in [7, 11) is 0. The standard InChI is InChI=1S/C11H16N2O2/c1-8(11(12)14)13-6-2-4-9(13)10-5-3-7-15-10/h3,7-8H,2,4-6H2,1H3,(H2,12,14). The Bertz CT molecular complexity index is 323. The second-order valence-corrected chi connectivity index (χ2v) is 3.94. The number of carbonyl (C=O) groups is 1. The Morgan fingerprint density at radius 3 is 3.07 bits per heavy atom. The van der Waals surface area contributed by atoms with Crippen molar-refractivity contribution < 1.29 is 9.53 Å². The number of carbonyl (C=O) groups excluding carboxylic acids is 1. The largest absolute Gasteiger partial charge is 0.468 e. The molecule has 2 aliphatic heterocycles. The minimum absolute atomic E-state index is 0.237. The third kappa shape index (κ3) is 1.84. The van der Waals surface area contributed by atoms with Crippen molar-refractivity contribution in [2.45, 2.75) is 32.2 Å². The van der Waals surface area contributed by atoms with E-state index in [1.54, 1.807) is 6.26 Å². The van der Waals surface area contributed by atoms with Gasteiger partial charge in [0.1, 0.15) is 11.8 Å². The van der Waals surface area contributed by atoms with Crippen LogP contribution in [0.4, 0.5) is 0 Å². The molecule has 1 unspecified atom stereocenters. The van der Waals surface area contributed by atoms with E-state index in [0.717, 1.165) is 37.3 Å². The van der Waals surface area contributed by atoms with E-state index < -0.39 is 0 Å². The number of amides is 1. The minimum Gasteiger partial charge on any atom is -0.468 e. The average molecular weight is 208 g/mol. The van der Waals surface area contributed by atoms with Gasteiger partial charge in [0.25, 0.3) is 0 Å². The highest BCUT2D eigenvalue weighted by Crippen LogP contribution is 2.30. The molecule has 0 aromatic carbocycles. The zero-order valence-corrected chi connectivity index (χ0v) is 8.90. The number of allylic oxidation sites excluding steroid dienone is 2. The summed E-state index contributed by atoms with van der Waals surface area (Å²) in [5.41, 5.74) is 6.46. The molecule has 82 valence electrons. The summed E-state index contributed by atoms with van der Waals surface area (Å²) < 4.78 is 5.40. The molecule has 2 rings (SSSR count). The normalized spacial score (nSPS) is 26.9.